The van der Waals surface area contributed by atoms with E-state index in [2.05, 4.69) is 15.0 Å². The maximum absolute atomic E-state index is 12.3. The molecule has 0 N–H and O–H groups in total. The molecule has 1 aliphatic heterocycles. The Morgan fingerprint density at radius 2 is 1.81 bits per heavy atom. The Morgan fingerprint density at radius 1 is 1.11 bits per heavy atom. The number of likely N-dealkylation sites (tertiary alicyclic amines) is 1. The van der Waals surface area contributed by atoms with Crippen LogP contribution in [0.3, 0.4) is 0 Å². The zero-order valence-electron chi connectivity index (χ0n) is 14.9. The van der Waals surface area contributed by atoms with Crippen LogP contribution in [0.4, 0.5) is 4.79 Å². The molecule has 0 spiro atoms. The second-order valence-corrected chi connectivity index (χ2v) is 7.02. The predicted molar refractivity (Wildman–Crippen MR) is 103 cm³/mol. The van der Waals surface area contributed by atoms with Crippen LogP contribution in [0.25, 0.3) is 16.8 Å². The highest BCUT2D eigenvalue weighted by molar-refractivity contribution is 7.07. The molecule has 0 atom stereocenters. The summed E-state index contributed by atoms with van der Waals surface area (Å²) in [5, 5.41) is 1.93. The summed E-state index contributed by atoms with van der Waals surface area (Å²) < 4.78 is 6.91. The second-order valence-electron chi connectivity index (χ2n) is 6.15. The van der Waals surface area contributed by atoms with E-state index >= 15 is 0 Å². The van der Waals surface area contributed by atoms with E-state index < -0.39 is 0 Å². The van der Waals surface area contributed by atoms with E-state index in [1.165, 1.54) is 11.3 Å². The van der Waals surface area contributed by atoms with Crippen molar-refractivity contribution in [3.05, 3.63) is 53.0 Å². The maximum Gasteiger partial charge on any atom is 0.346 e. The molecule has 7 nitrogen and oxygen atoms in total. The molecule has 0 saturated carbocycles. The van der Waals surface area contributed by atoms with Gasteiger partial charge in [0.2, 0.25) is 0 Å². The van der Waals surface area contributed by atoms with Gasteiger partial charge in [0.05, 0.1) is 7.11 Å². The summed E-state index contributed by atoms with van der Waals surface area (Å²) in [4.78, 5) is 27.4. The minimum Gasteiger partial charge on any atom is -0.467 e. The number of amides is 2. The van der Waals surface area contributed by atoms with Crippen molar-refractivity contribution in [3.63, 3.8) is 0 Å². The number of urea groups is 1. The summed E-state index contributed by atoms with van der Waals surface area (Å²) in [6.45, 7) is 1.60. The number of benzene rings is 1. The molecular formula is C19H19N5O2S. The van der Waals surface area contributed by atoms with E-state index in [0.717, 1.165) is 42.7 Å². The average molecular weight is 381 g/mol. The first-order valence-corrected chi connectivity index (χ1v) is 9.59. The standard InChI is InChI=1S/C19H19N5O2S/c1-26-17-20-12-15(13-21-17)14-4-6-16(7-5-14)24-10-11-27-19(24)22-18(25)23-8-2-3-9-23/h4-7,10-13H,2-3,8-9H2,1H3/b22-19-. The molecule has 8 heteroatoms. The Hall–Kier alpha value is -3.00. The smallest absolute Gasteiger partial charge is 0.346 e. The highest BCUT2D eigenvalue weighted by Crippen LogP contribution is 2.20. The fraction of sp³-hybridized carbons (Fsp3) is 0.263. The van der Waals surface area contributed by atoms with E-state index in [4.69, 9.17) is 4.74 Å². The molecule has 1 aliphatic rings. The molecule has 3 aromatic rings. The van der Waals surface area contributed by atoms with Crippen LogP contribution >= 0.6 is 11.3 Å². The Labute approximate surface area is 160 Å². The summed E-state index contributed by atoms with van der Waals surface area (Å²) >= 11 is 1.45. The van der Waals surface area contributed by atoms with Gasteiger partial charge in [-0.25, -0.2) is 14.8 Å². The minimum absolute atomic E-state index is 0.157. The number of methoxy groups -OCH3 is 1. The number of carbonyl (C=O) groups excluding carboxylic acids is 1. The number of thiazole rings is 1. The third kappa shape index (κ3) is 3.75. The predicted octanol–water partition coefficient (Wildman–Crippen LogP) is 3.12. The third-order valence-electron chi connectivity index (χ3n) is 4.45. The number of aromatic nitrogens is 3. The van der Waals surface area contributed by atoms with Gasteiger partial charge in [0.1, 0.15) is 0 Å². The van der Waals surface area contributed by atoms with E-state index in [0.29, 0.717) is 10.8 Å². The van der Waals surface area contributed by atoms with Gasteiger partial charge in [0, 0.05) is 48.3 Å². The van der Waals surface area contributed by atoms with E-state index in [-0.39, 0.29) is 6.03 Å². The van der Waals surface area contributed by atoms with Crippen molar-refractivity contribution in [2.75, 3.05) is 20.2 Å². The number of hydrogen-bond acceptors (Lipinski definition) is 5. The molecule has 1 fully saturated rings. The third-order valence-corrected chi connectivity index (χ3v) is 5.20. The van der Waals surface area contributed by atoms with E-state index in [1.807, 2.05) is 40.4 Å². The lowest BCUT2D eigenvalue weighted by atomic mass is 10.1. The van der Waals surface area contributed by atoms with Gasteiger partial charge in [0.15, 0.2) is 4.80 Å². The normalized spacial score (nSPS) is 14.6. The van der Waals surface area contributed by atoms with Crippen molar-refractivity contribution >= 4 is 17.4 Å². The lowest BCUT2D eigenvalue weighted by molar-refractivity contribution is 0.218. The highest BCUT2D eigenvalue weighted by Gasteiger charge is 2.17. The molecule has 1 aromatic carbocycles. The zero-order valence-corrected chi connectivity index (χ0v) is 15.7. The SMILES string of the molecule is COc1ncc(-c2ccc(-n3ccs/c3=N\C(=O)N3CCCC3)cc2)cn1. The fourth-order valence-electron chi connectivity index (χ4n) is 3.00. The molecule has 27 heavy (non-hydrogen) atoms. The van der Waals surface area contributed by atoms with Gasteiger partial charge in [-0.15, -0.1) is 11.3 Å². The van der Waals surface area contributed by atoms with Crippen LogP contribution < -0.4 is 9.54 Å². The molecule has 4 rings (SSSR count). The van der Waals surface area contributed by atoms with Gasteiger partial charge in [0.25, 0.3) is 0 Å². The molecular weight excluding hydrogens is 362 g/mol. The Bertz CT molecular complexity index is 986. The first-order chi connectivity index (χ1) is 13.2. The number of nitrogens with zero attached hydrogens (tertiary/aromatic N) is 5. The molecule has 0 bridgehead atoms. The molecule has 2 aromatic heterocycles. The quantitative estimate of drug-likeness (QED) is 0.699. The minimum atomic E-state index is -0.157. The van der Waals surface area contributed by atoms with Crippen LogP contribution in [0.2, 0.25) is 0 Å². The highest BCUT2D eigenvalue weighted by atomic mass is 32.1. The van der Waals surface area contributed by atoms with Crippen LogP contribution in [0.1, 0.15) is 12.8 Å². The van der Waals surface area contributed by atoms with Crippen molar-refractivity contribution in [1.82, 2.24) is 19.4 Å². The Balaban J connectivity index is 1.59. The average Bonchev–Trinajstić information content (AvgIpc) is 3.40. The van der Waals surface area contributed by atoms with Gasteiger partial charge in [-0.3, -0.25) is 4.57 Å². The number of hydrogen-bond donors (Lipinski definition) is 0. The second kappa shape index (κ2) is 7.71. The van der Waals surface area contributed by atoms with Crippen LogP contribution in [-0.2, 0) is 0 Å². The van der Waals surface area contributed by atoms with Crippen molar-refractivity contribution in [2.45, 2.75) is 12.8 Å². The monoisotopic (exact) mass is 381 g/mol. The molecule has 0 unspecified atom stereocenters. The summed E-state index contributed by atoms with van der Waals surface area (Å²) in [7, 11) is 1.54. The summed E-state index contributed by atoms with van der Waals surface area (Å²) in [6.07, 6.45) is 7.50. The van der Waals surface area contributed by atoms with Crippen LogP contribution in [0.15, 0.2) is 53.2 Å². The lowest BCUT2D eigenvalue weighted by Gasteiger charge is -2.10. The first-order valence-electron chi connectivity index (χ1n) is 8.71. The molecule has 2 amide bonds. The molecule has 0 radical (unpaired) electrons. The van der Waals surface area contributed by atoms with E-state index in [9.17, 15) is 4.79 Å². The first kappa shape index (κ1) is 17.4. The summed E-state index contributed by atoms with van der Waals surface area (Å²) in [5.41, 5.74) is 2.86. The van der Waals surface area contributed by atoms with Gasteiger partial charge in [-0.2, -0.15) is 4.99 Å². The van der Waals surface area contributed by atoms with Gasteiger partial charge in [-0.05, 0) is 30.5 Å². The summed E-state index contributed by atoms with van der Waals surface area (Å²) in [6, 6.07) is 8.17. The van der Waals surface area contributed by atoms with Crippen molar-refractivity contribution in [3.8, 4) is 22.8 Å². The number of rotatable bonds is 3. The Morgan fingerprint density at radius 3 is 2.48 bits per heavy atom. The van der Waals surface area contributed by atoms with Crippen molar-refractivity contribution < 1.29 is 9.53 Å². The van der Waals surface area contributed by atoms with Gasteiger partial charge >= 0.3 is 12.0 Å². The zero-order chi connectivity index (χ0) is 18.6. The maximum atomic E-state index is 12.3. The molecule has 1 saturated heterocycles. The lowest BCUT2D eigenvalue weighted by Crippen LogP contribution is -2.27. The summed E-state index contributed by atoms with van der Waals surface area (Å²) in [5.74, 6) is 0. The molecule has 0 aliphatic carbocycles. The Kier molecular flexibility index (Phi) is 4.97. The van der Waals surface area contributed by atoms with Gasteiger partial charge < -0.3 is 9.64 Å². The van der Waals surface area contributed by atoms with Gasteiger partial charge in [-0.1, -0.05) is 12.1 Å². The van der Waals surface area contributed by atoms with Crippen LogP contribution in [0.5, 0.6) is 6.01 Å². The largest absolute Gasteiger partial charge is 0.467 e. The van der Waals surface area contributed by atoms with Crippen molar-refractivity contribution in [1.29, 1.82) is 0 Å². The van der Waals surface area contributed by atoms with Crippen molar-refractivity contribution in [2.24, 2.45) is 4.99 Å². The molecule has 138 valence electrons. The molecule has 3 heterocycles. The number of carbonyl (C=O) groups is 1. The van der Waals surface area contributed by atoms with E-state index in [1.54, 1.807) is 24.4 Å². The van der Waals surface area contributed by atoms with Crippen LogP contribution in [0, 0.1) is 0 Å². The van der Waals surface area contributed by atoms with Crippen LogP contribution in [-0.4, -0.2) is 45.7 Å². The number of ether oxygens (including phenoxy) is 1. The fourth-order valence-corrected chi connectivity index (χ4v) is 3.71. The topological polar surface area (TPSA) is 72.6 Å².